The zero-order chi connectivity index (χ0) is 20.7. The molecule has 0 aliphatic rings. The zero-order valence-corrected chi connectivity index (χ0v) is 17.1. The maximum atomic E-state index is 12.8. The number of methoxy groups -OCH3 is 2. The molecule has 0 aromatic heterocycles. The molecule has 2 rings (SSSR count). The molecule has 150 valence electrons. The van der Waals surface area contributed by atoms with E-state index in [1.165, 1.54) is 14.2 Å². The minimum Gasteiger partial charge on any atom is -0.493 e. The number of rotatable bonds is 8. The summed E-state index contributed by atoms with van der Waals surface area (Å²) in [6.45, 7) is 3.54. The summed E-state index contributed by atoms with van der Waals surface area (Å²) in [5.41, 5.74) is 1.01. The third-order valence-corrected chi connectivity index (χ3v) is 4.31. The van der Waals surface area contributed by atoms with Crippen molar-refractivity contribution in [2.24, 2.45) is 0 Å². The molecule has 0 aliphatic heterocycles. The van der Waals surface area contributed by atoms with Gasteiger partial charge in [-0.2, -0.15) is 0 Å². The van der Waals surface area contributed by atoms with Gasteiger partial charge in [-0.3, -0.25) is 9.59 Å². The number of carbonyl (C=O) groups excluding carboxylic acids is 2. The molecule has 0 bridgehead atoms. The van der Waals surface area contributed by atoms with E-state index >= 15 is 0 Å². The molecule has 28 heavy (non-hydrogen) atoms. The minimum absolute atomic E-state index is 0.0407. The van der Waals surface area contributed by atoms with E-state index < -0.39 is 12.0 Å². The van der Waals surface area contributed by atoms with Crippen LogP contribution in [-0.4, -0.2) is 32.2 Å². The van der Waals surface area contributed by atoms with Crippen LogP contribution >= 0.6 is 11.6 Å². The van der Waals surface area contributed by atoms with Crippen LogP contribution in [-0.2, 0) is 9.53 Å². The highest BCUT2D eigenvalue weighted by molar-refractivity contribution is 6.31. The number of benzene rings is 2. The van der Waals surface area contributed by atoms with E-state index in [0.29, 0.717) is 27.6 Å². The molecule has 0 fully saturated rings. The van der Waals surface area contributed by atoms with Gasteiger partial charge in [-0.1, -0.05) is 29.8 Å². The fraction of sp³-hybridized carbons (Fsp3) is 0.333. The smallest absolute Gasteiger partial charge is 0.308 e. The van der Waals surface area contributed by atoms with Crippen LogP contribution in [0.4, 0.5) is 0 Å². The van der Waals surface area contributed by atoms with Crippen LogP contribution in [0.2, 0.25) is 5.02 Å². The van der Waals surface area contributed by atoms with Gasteiger partial charge in [0.25, 0.3) is 5.91 Å². The topological polar surface area (TPSA) is 73.9 Å². The first-order valence-corrected chi connectivity index (χ1v) is 9.20. The van der Waals surface area contributed by atoms with Gasteiger partial charge < -0.3 is 19.5 Å². The van der Waals surface area contributed by atoms with Crippen LogP contribution in [0.3, 0.4) is 0 Å². The second-order valence-corrected chi connectivity index (χ2v) is 6.77. The molecule has 6 nitrogen and oxygen atoms in total. The number of esters is 1. The fourth-order valence-corrected chi connectivity index (χ4v) is 2.96. The fourth-order valence-electron chi connectivity index (χ4n) is 2.69. The van der Waals surface area contributed by atoms with Gasteiger partial charge in [0.15, 0.2) is 11.5 Å². The molecule has 1 amide bonds. The van der Waals surface area contributed by atoms with E-state index in [0.717, 1.165) is 0 Å². The van der Waals surface area contributed by atoms with Crippen molar-refractivity contribution in [2.45, 2.75) is 32.4 Å². The number of halogens is 1. The Morgan fingerprint density at radius 2 is 1.71 bits per heavy atom. The van der Waals surface area contributed by atoms with E-state index in [-0.39, 0.29) is 18.4 Å². The molecule has 0 saturated carbocycles. The predicted molar refractivity (Wildman–Crippen MR) is 107 cm³/mol. The third kappa shape index (κ3) is 5.63. The second-order valence-electron chi connectivity index (χ2n) is 6.36. The van der Waals surface area contributed by atoms with E-state index in [9.17, 15) is 9.59 Å². The van der Waals surface area contributed by atoms with Crippen molar-refractivity contribution >= 4 is 23.5 Å². The minimum atomic E-state index is -0.638. The standard InChI is InChI=1S/C21H24ClNO5/c1-13(2)28-20(24)12-17(15-7-5-6-8-16(15)22)23-21(25)14-9-10-18(26-3)19(11-14)27-4/h5-11,13,17H,12H2,1-4H3,(H,23,25)/t17-/m1/s1. The van der Waals surface area contributed by atoms with Crippen LogP contribution < -0.4 is 14.8 Å². The molecule has 0 unspecified atom stereocenters. The monoisotopic (exact) mass is 405 g/mol. The lowest BCUT2D eigenvalue weighted by Crippen LogP contribution is -2.31. The summed E-state index contributed by atoms with van der Waals surface area (Å²) in [4.78, 5) is 25.0. The number of ether oxygens (including phenoxy) is 3. The first-order chi connectivity index (χ1) is 13.3. The summed E-state index contributed by atoms with van der Waals surface area (Å²) in [7, 11) is 3.01. The van der Waals surface area contributed by atoms with E-state index in [1.807, 2.05) is 0 Å². The van der Waals surface area contributed by atoms with Crippen molar-refractivity contribution in [3.05, 3.63) is 58.6 Å². The molecule has 0 heterocycles. The highest BCUT2D eigenvalue weighted by Gasteiger charge is 2.23. The average Bonchev–Trinajstić information content (AvgIpc) is 2.66. The van der Waals surface area contributed by atoms with E-state index in [1.54, 1.807) is 56.3 Å². The number of hydrogen-bond donors (Lipinski definition) is 1. The Labute approximate surface area is 169 Å². The number of carbonyl (C=O) groups is 2. The lowest BCUT2D eigenvalue weighted by molar-refractivity contribution is -0.147. The Morgan fingerprint density at radius 1 is 1.04 bits per heavy atom. The van der Waals surface area contributed by atoms with Crippen LogP contribution in [0, 0.1) is 0 Å². The molecular formula is C21H24ClNO5. The quantitative estimate of drug-likeness (QED) is 0.667. The number of nitrogens with one attached hydrogen (secondary N) is 1. The number of hydrogen-bond acceptors (Lipinski definition) is 5. The summed E-state index contributed by atoms with van der Waals surface area (Å²) >= 11 is 6.28. The van der Waals surface area contributed by atoms with Gasteiger partial charge in [-0.15, -0.1) is 0 Å². The van der Waals surface area contributed by atoms with Gasteiger partial charge in [0, 0.05) is 10.6 Å². The largest absolute Gasteiger partial charge is 0.493 e. The molecule has 0 spiro atoms. The Bertz CT molecular complexity index is 837. The van der Waals surface area contributed by atoms with Crippen LogP contribution in [0.1, 0.15) is 42.2 Å². The molecule has 0 radical (unpaired) electrons. The molecule has 0 aliphatic carbocycles. The first kappa shape index (κ1) is 21.6. The Balaban J connectivity index is 2.27. The lowest BCUT2D eigenvalue weighted by Gasteiger charge is -2.21. The van der Waals surface area contributed by atoms with Crippen molar-refractivity contribution in [1.29, 1.82) is 0 Å². The molecule has 7 heteroatoms. The zero-order valence-electron chi connectivity index (χ0n) is 16.3. The van der Waals surface area contributed by atoms with Crippen LogP contribution in [0.25, 0.3) is 0 Å². The van der Waals surface area contributed by atoms with Crippen molar-refractivity contribution in [3.63, 3.8) is 0 Å². The summed E-state index contributed by atoms with van der Waals surface area (Å²) in [6, 6.07) is 11.3. The van der Waals surface area contributed by atoms with Gasteiger partial charge >= 0.3 is 5.97 Å². The third-order valence-electron chi connectivity index (χ3n) is 3.97. The normalized spacial score (nSPS) is 11.6. The van der Waals surface area contributed by atoms with E-state index in [4.69, 9.17) is 25.8 Å². The Morgan fingerprint density at radius 3 is 2.32 bits per heavy atom. The van der Waals surface area contributed by atoms with Gasteiger partial charge in [0.05, 0.1) is 32.8 Å². The van der Waals surface area contributed by atoms with Crippen LogP contribution in [0.15, 0.2) is 42.5 Å². The van der Waals surface area contributed by atoms with Crippen molar-refractivity contribution in [2.75, 3.05) is 14.2 Å². The predicted octanol–water partition coefficient (Wildman–Crippen LogP) is 4.17. The first-order valence-electron chi connectivity index (χ1n) is 8.82. The van der Waals surface area contributed by atoms with Gasteiger partial charge in [-0.25, -0.2) is 0 Å². The van der Waals surface area contributed by atoms with Crippen molar-refractivity contribution in [3.8, 4) is 11.5 Å². The molecule has 0 saturated heterocycles. The number of amides is 1. The molecule has 2 aromatic carbocycles. The highest BCUT2D eigenvalue weighted by atomic mass is 35.5. The van der Waals surface area contributed by atoms with Gasteiger partial charge in [0.1, 0.15) is 0 Å². The maximum absolute atomic E-state index is 12.8. The Kier molecular flexibility index (Phi) is 7.70. The van der Waals surface area contributed by atoms with E-state index in [2.05, 4.69) is 5.32 Å². The molecular weight excluding hydrogens is 382 g/mol. The van der Waals surface area contributed by atoms with Gasteiger partial charge in [0.2, 0.25) is 0 Å². The summed E-state index contributed by atoms with van der Waals surface area (Å²) < 4.78 is 15.7. The molecule has 1 atom stereocenters. The average molecular weight is 406 g/mol. The summed E-state index contributed by atoms with van der Waals surface area (Å²) in [6.07, 6.45) is -0.290. The molecule has 2 aromatic rings. The highest BCUT2D eigenvalue weighted by Crippen LogP contribution is 2.29. The van der Waals surface area contributed by atoms with Gasteiger partial charge in [-0.05, 0) is 43.7 Å². The lowest BCUT2D eigenvalue weighted by atomic mass is 10.0. The maximum Gasteiger partial charge on any atom is 0.308 e. The van der Waals surface area contributed by atoms with Crippen LogP contribution in [0.5, 0.6) is 11.5 Å². The SMILES string of the molecule is COc1ccc(C(=O)N[C@H](CC(=O)OC(C)C)c2ccccc2Cl)cc1OC. The summed E-state index contributed by atoms with van der Waals surface area (Å²) in [5, 5.41) is 3.32. The molecule has 1 N–H and O–H groups in total. The van der Waals surface area contributed by atoms with Crippen molar-refractivity contribution < 1.29 is 23.8 Å². The second kappa shape index (κ2) is 9.99. The van der Waals surface area contributed by atoms with Crippen molar-refractivity contribution in [1.82, 2.24) is 5.32 Å². The Hall–Kier alpha value is -2.73. The summed E-state index contributed by atoms with van der Waals surface area (Å²) in [5.74, 6) is 0.154.